The number of rotatable bonds is 4. The quantitative estimate of drug-likeness (QED) is 0.519. The molecule has 2 N–H and O–H groups in total. The average Bonchev–Trinajstić information content (AvgIpc) is 2.73. The molecule has 2 heterocycles. The normalized spacial score (nSPS) is 18.2. The van der Waals surface area contributed by atoms with Crippen LogP contribution in [-0.4, -0.2) is 21.6 Å². The van der Waals surface area contributed by atoms with Gasteiger partial charge in [-0.3, -0.25) is 19.7 Å². The molecule has 1 aliphatic carbocycles. The van der Waals surface area contributed by atoms with Gasteiger partial charge in [0.05, 0.1) is 4.92 Å². The zero-order chi connectivity index (χ0) is 23.0. The topological polar surface area (TPSA) is 114 Å². The van der Waals surface area contributed by atoms with E-state index in [2.05, 4.69) is 15.6 Å². The van der Waals surface area contributed by atoms with E-state index in [-0.39, 0.29) is 22.1 Å². The van der Waals surface area contributed by atoms with Crippen LogP contribution in [0.3, 0.4) is 0 Å². The summed E-state index contributed by atoms with van der Waals surface area (Å²) in [5.74, 6) is -1.01. The molecule has 0 fully saturated rings. The van der Waals surface area contributed by atoms with Crippen LogP contribution in [0, 0.1) is 17.0 Å². The van der Waals surface area contributed by atoms with Crippen molar-refractivity contribution < 1.29 is 14.5 Å². The molecular formula is C23H21ClN4O4. The number of hydrogen-bond donors (Lipinski definition) is 2. The first-order chi connectivity index (χ1) is 15.3. The van der Waals surface area contributed by atoms with E-state index in [0.717, 1.165) is 11.3 Å². The number of anilines is 1. The van der Waals surface area contributed by atoms with Crippen molar-refractivity contribution in [3.05, 3.63) is 85.3 Å². The second kappa shape index (κ2) is 8.55. The summed E-state index contributed by atoms with van der Waals surface area (Å²) in [5, 5.41) is 17.7. The van der Waals surface area contributed by atoms with E-state index in [0.29, 0.717) is 41.9 Å². The van der Waals surface area contributed by atoms with Crippen molar-refractivity contribution in [3.63, 3.8) is 0 Å². The summed E-state index contributed by atoms with van der Waals surface area (Å²) in [6, 6.07) is 7.62. The van der Waals surface area contributed by atoms with Gasteiger partial charge in [0.1, 0.15) is 5.82 Å². The number of ketones is 1. The molecule has 2 aliphatic rings. The van der Waals surface area contributed by atoms with Crippen molar-refractivity contribution >= 4 is 34.8 Å². The monoisotopic (exact) mass is 452 g/mol. The molecule has 8 nitrogen and oxygen atoms in total. The second-order valence-corrected chi connectivity index (χ2v) is 8.31. The van der Waals surface area contributed by atoms with Crippen LogP contribution in [-0.2, 0) is 9.59 Å². The van der Waals surface area contributed by atoms with E-state index in [9.17, 15) is 19.7 Å². The molecule has 1 unspecified atom stereocenters. The Balaban J connectivity index is 1.86. The summed E-state index contributed by atoms with van der Waals surface area (Å²) in [7, 11) is 0. The van der Waals surface area contributed by atoms with Crippen molar-refractivity contribution in [2.75, 3.05) is 5.32 Å². The number of benzene rings is 1. The molecule has 0 bridgehead atoms. The molecule has 2 aromatic rings. The molecule has 1 atom stereocenters. The predicted octanol–water partition coefficient (Wildman–Crippen LogP) is 4.56. The smallest absolute Gasteiger partial charge is 0.269 e. The summed E-state index contributed by atoms with van der Waals surface area (Å²) in [5.41, 5.74) is 3.13. The van der Waals surface area contributed by atoms with E-state index in [1.165, 1.54) is 18.2 Å². The SMILES string of the molecule is CC1=C(C(=O)Nc2cc(C)ccn2)C(c2cc([N+](=O)[O-])ccc2Cl)C2=C(CCCC2=O)N1. The number of nitrogens with zero attached hydrogens (tertiary/aromatic N) is 2. The molecule has 1 aromatic heterocycles. The zero-order valence-corrected chi connectivity index (χ0v) is 18.3. The van der Waals surface area contributed by atoms with Gasteiger partial charge in [-0.05, 0) is 56.0 Å². The van der Waals surface area contributed by atoms with Gasteiger partial charge in [0.2, 0.25) is 0 Å². The van der Waals surface area contributed by atoms with Gasteiger partial charge in [-0.2, -0.15) is 0 Å². The Hall–Kier alpha value is -3.52. The fraction of sp³-hybridized carbons (Fsp3) is 0.261. The number of aryl methyl sites for hydroxylation is 1. The third kappa shape index (κ3) is 4.01. The largest absolute Gasteiger partial charge is 0.362 e. The molecule has 0 radical (unpaired) electrons. The fourth-order valence-corrected chi connectivity index (χ4v) is 4.48. The summed E-state index contributed by atoms with van der Waals surface area (Å²) in [6.07, 6.45) is 3.28. The van der Waals surface area contributed by atoms with Crippen LogP contribution < -0.4 is 10.6 Å². The minimum Gasteiger partial charge on any atom is -0.362 e. The average molecular weight is 453 g/mol. The number of dihydropyridines is 1. The summed E-state index contributed by atoms with van der Waals surface area (Å²) in [4.78, 5) is 41.5. The Morgan fingerprint density at radius 2 is 2.03 bits per heavy atom. The minimum absolute atomic E-state index is 0.0993. The summed E-state index contributed by atoms with van der Waals surface area (Å²) in [6.45, 7) is 3.63. The zero-order valence-electron chi connectivity index (χ0n) is 17.6. The van der Waals surface area contributed by atoms with Gasteiger partial charge >= 0.3 is 0 Å². The molecule has 0 saturated carbocycles. The maximum absolute atomic E-state index is 13.4. The Labute approximate surface area is 189 Å². The van der Waals surface area contributed by atoms with Crippen molar-refractivity contribution in [1.82, 2.24) is 10.3 Å². The van der Waals surface area contributed by atoms with E-state index >= 15 is 0 Å². The number of allylic oxidation sites excluding steroid dienone is 3. The van der Waals surface area contributed by atoms with Gasteiger partial charge in [-0.25, -0.2) is 4.98 Å². The number of pyridine rings is 1. The highest BCUT2D eigenvalue weighted by molar-refractivity contribution is 6.31. The Kier molecular flexibility index (Phi) is 5.80. The van der Waals surface area contributed by atoms with Gasteiger partial charge in [0.25, 0.3) is 11.6 Å². The van der Waals surface area contributed by atoms with E-state index in [4.69, 9.17) is 11.6 Å². The van der Waals surface area contributed by atoms with E-state index < -0.39 is 16.7 Å². The third-order valence-corrected chi connectivity index (χ3v) is 6.02. The number of nitrogens with one attached hydrogen (secondary N) is 2. The Morgan fingerprint density at radius 1 is 1.25 bits per heavy atom. The number of nitro groups is 1. The van der Waals surface area contributed by atoms with E-state index in [1.807, 2.05) is 13.0 Å². The van der Waals surface area contributed by atoms with Crippen LogP contribution in [0.25, 0.3) is 0 Å². The Bertz CT molecular complexity index is 1220. The molecule has 4 rings (SSSR count). The number of Topliss-reactive ketones (excluding diaryl/α,β-unsaturated/α-hetero) is 1. The predicted molar refractivity (Wildman–Crippen MR) is 120 cm³/mol. The van der Waals surface area contributed by atoms with Gasteiger partial charge in [-0.1, -0.05) is 11.6 Å². The molecular weight excluding hydrogens is 432 g/mol. The molecule has 0 spiro atoms. The Morgan fingerprint density at radius 3 is 2.75 bits per heavy atom. The van der Waals surface area contributed by atoms with Crippen LogP contribution in [0.2, 0.25) is 5.02 Å². The van der Waals surface area contributed by atoms with Gasteiger partial charge in [-0.15, -0.1) is 0 Å². The van der Waals surface area contributed by atoms with Crippen molar-refractivity contribution in [2.24, 2.45) is 0 Å². The number of nitro benzene ring substituents is 1. The molecule has 0 saturated heterocycles. The molecule has 9 heteroatoms. The highest BCUT2D eigenvalue weighted by Gasteiger charge is 2.40. The summed E-state index contributed by atoms with van der Waals surface area (Å²) < 4.78 is 0. The molecule has 32 heavy (non-hydrogen) atoms. The molecule has 1 aliphatic heterocycles. The lowest BCUT2D eigenvalue weighted by Crippen LogP contribution is -2.35. The number of hydrogen-bond acceptors (Lipinski definition) is 6. The third-order valence-electron chi connectivity index (χ3n) is 5.68. The first-order valence-electron chi connectivity index (χ1n) is 10.2. The molecule has 164 valence electrons. The van der Waals surface area contributed by atoms with Gasteiger partial charge < -0.3 is 10.6 Å². The second-order valence-electron chi connectivity index (χ2n) is 7.90. The number of aromatic nitrogens is 1. The van der Waals surface area contributed by atoms with Crippen molar-refractivity contribution in [1.29, 1.82) is 0 Å². The summed E-state index contributed by atoms with van der Waals surface area (Å²) >= 11 is 6.47. The standard InChI is InChI=1S/C23H21ClN4O4/c1-12-8-9-25-19(10-12)27-23(30)20-13(2)26-17-4-3-5-18(29)22(17)21(20)15-11-14(28(31)32)6-7-16(15)24/h6-11,21,26H,3-5H2,1-2H3,(H,25,27,30). The van der Waals surface area contributed by atoms with Gasteiger partial charge in [0, 0.05) is 58.2 Å². The number of carbonyl (C=O) groups excluding carboxylic acids is 2. The maximum Gasteiger partial charge on any atom is 0.269 e. The van der Waals surface area contributed by atoms with Crippen molar-refractivity contribution in [3.8, 4) is 0 Å². The number of carbonyl (C=O) groups is 2. The molecule has 1 aromatic carbocycles. The maximum atomic E-state index is 13.4. The van der Waals surface area contributed by atoms with Gasteiger partial charge in [0.15, 0.2) is 5.78 Å². The lowest BCUT2D eigenvalue weighted by molar-refractivity contribution is -0.384. The first kappa shape index (κ1) is 21.7. The van der Waals surface area contributed by atoms with E-state index in [1.54, 1.807) is 19.2 Å². The fourth-order valence-electron chi connectivity index (χ4n) is 4.25. The van der Waals surface area contributed by atoms with Crippen molar-refractivity contribution in [2.45, 2.75) is 39.0 Å². The van der Waals surface area contributed by atoms with Crippen LogP contribution in [0.5, 0.6) is 0 Å². The highest BCUT2D eigenvalue weighted by Crippen LogP contribution is 2.45. The first-order valence-corrected chi connectivity index (χ1v) is 10.6. The minimum atomic E-state index is -0.823. The lowest BCUT2D eigenvalue weighted by atomic mass is 9.75. The number of halogens is 1. The number of amides is 1. The molecule has 1 amide bonds. The number of non-ortho nitro benzene ring substituents is 1. The highest BCUT2D eigenvalue weighted by atomic mass is 35.5. The van der Waals surface area contributed by atoms with Crippen LogP contribution in [0.4, 0.5) is 11.5 Å². The van der Waals surface area contributed by atoms with Crippen LogP contribution in [0.15, 0.2) is 59.1 Å². The van der Waals surface area contributed by atoms with Crippen LogP contribution >= 0.6 is 11.6 Å². The lowest BCUT2D eigenvalue weighted by Gasteiger charge is -2.34. The van der Waals surface area contributed by atoms with Crippen LogP contribution in [0.1, 0.15) is 43.2 Å².